The van der Waals surface area contributed by atoms with E-state index in [0.29, 0.717) is 17.5 Å². The van der Waals surface area contributed by atoms with Gasteiger partial charge in [-0.05, 0) is 62.4 Å². The van der Waals surface area contributed by atoms with Crippen LogP contribution in [0.15, 0.2) is 170 Å². The van der Waals surface area contributed by atoms with Crippen LogP contribution in [0, 0.1) is 0 Å². The maximum Gasteiger partial charge on any atom is 0.164 e. The topological polar surface area (TPSA) is 51.6 Å². The van der Waals surface area contributed by atoms with Gasteiger partial charge in [-0.2, -0.15) is 0 Å². The molecular weight excluding hydrogens is 560 g/mol. The SMILES string of the molecule is c1ccc(-c2nc(-c3ccccc3)nc(-c3ccc(-c4ccc5cc(-c6ccc(-c7cccnc7)cc6)ccc5c4)cc3)n2)cc1. The van der Waals surface area contributed by atoms with Crippen LogP contribution in [-0.4, -0.2) is 19.9 Å². The molecule has 4 heteroatoms. The fourth-order valence-electron chi connectivity index (χ4n) is 5.74. The second kappa shape index (κ2) is 12.0. The van der Waals surface area contributed by atoms with Crippen LogP contribution in [0.4, 0.5) is 0 Å². The van der Waals surface area contributed by atoms with Crippen molar-refractivity contribution in [2.24, 2.45) is 0 Å². The Labute approximate surface area is 267 Å². The maximum atomic E-state index is 4.87. The third kappa shape index (κ3) is 5.56. The van der Waals surface area contributed by atoms with Crippen LogP contribution < -0.4 is 0 Å². The molecule has 0 aliphatic heterocycles. The lowest BCUT2D eigenvalue weighted by atomic mass is 9.96. The Kier molecular flexibility index (Phi) is 7.14. The van der Waals surface area contributed by atoms with E-state index in [2.05, 4.69) is 96.0 Å². The molecule has 0 unspecified atom stereocenters. The van der Waals surface area contributed by atoms with Gasteiger partial charge >= 0.3 is 0 Å². The Hall–Kier alpha value is -6.26. The number of fused-ring (bicyclic) bond motifs is 1. The number of pyridine rings is 1. The third-order valence-electron chi connectivity index (χ3n) is 8.23. The number of benzene rings is 6. The minimum absolute atomic E-state index is 0.652. The molecule has 0 saturated carbocycles. The van der Waals surface area contributed by atoms with E-state index < -0.39 is 0 Å². The second-order valence-electron chi connectivity index (χ2n) is 11.2. The van der Waals surface area contributed by atoms with Gasteiger partial charge in [-0.3, -0.25) is 4.98 Å². The first-order chi connectivity index (χ1) is 22.8. The van der Waals surface area contributed by atoms with E-state index in [1.165, 1.54) is 27.5 Å². The van der Waals surface area contributed by atoms with Crippen molar-refractivity contribution in [2.75, 3.05) is 0 Å². The van der Waals surface area contributed by atoms with Crippen molar-refractivity contribution in [2.45, 2.75) is 0 Å². The number of aromatic nitrogens is 4. The number of hydrogen-bond acceptors (Lipinski definition) is 4. The highest BCUT2D eigenvalue weighted by atomic mass is 15.0. The van der Waals surface area contributed by atoms with Gasteiger partial charge in [0.05, 0.1) is 0 Å². The van der Waals surface area contributed by atoms with Crippen LogP contribution in [-0.2, 0) is 0 Å². The lowest BCUT2D eigenvalue weighted by Gasteiger charge is -2.10. The van der Waals surface area contributed by atoms with Crippen molar-refractivity contribution < 1.29 is 0 Å². The zero-order chi connectivity index (χ0) is 30.7. The van der Waals surface area contributed by atoms with Gasteiger partial charge in [0, 0.05) is 29.1 Å². The Morgan fingerprint density at radius 1 is 0.283 bits per heavy atom. The number of nitrogens with zero attached hydrogens (tertiary/aromatic N) is 4. The number of rotatable bonds is 6. The summed E-state index contributed by atoms with van der Waals surface area (Å²) in [6.45, 7) is 0. The Morgan fingerprint density at radius 2 is 0.652 bits per heavy atom. The lowest BCUT2D eigenvalue weighted by molar-refractivity contribution is 1.07. The molecular formula is C42H28N4. The average Bonchev–Trinajstić information content (AvgIpc) is 3.15. The van der Waals surface area contributed by atoms with Gasteiger partial charge in [-0.25, -0.2) is 15.0 Å². The first-order valence-electron chi connectivity index (χ1n) is 15.3. The Morgan fingerprint density at radius 3 is 1.09 bits per heavy atom. The van der Waals surface area contributed by atoms with Crippen molar-refractivity contribution in [1.29, 1.82) is 0 Å². The molecule has 0 N–H and O–H groups in total. The molecule has 2 aromatic heterocycles. The van der Waals surface area contributed by atoms with Crippen LogP contribution in [0.25, 0.3) is 78.3 Å². The van der Waals surface area contributed by atoms with E-state index in [-0.39, 0.29) is 0 Å². The van der Waals surface area contributed by atoms with Crippen LogP contribution in [0.2, 0.25) is 0 Å². The molecule has 8 rings (SSSR count). The molecule has 0 aliphatic rings. The van der Waals surface area contributed by atoms with Gasteiger partial charge in [0.2, 0.25) is 0 Å². The monoisotopic (exact) mass is 588 g/mol. The van der Waals surface area contributed by atoms with Crippen LogP contribution >= 0.6 is 0 Å². The molecule has 46 heavy (non-hydrogen) atoms. The summed E-state index contributed by atoms with van der Waals surface area (Å²) >= 11 is 0. The molecule has 0 atom stereocenters. The van der Waals surface area contributed by atoms with E-state index in [0.717, 1.165) is 33.4 Å². The zero-order valence-electron chi connectivity index (χ0n) is 25.0. The summed E-state index contributed by atoms with van der Waals surface area (Å²) in [7, 11) is 0. The standard InChI is InChI=1S/C42H28N4/c1-3-8-32(9-4-1)40-44-41(33-10-5-2-6-11-33)46-42(45-40)34-19-17-30(18-20-34)36-22-24-37-26-35(21-23-38(37)27-36)29-13-15-31(16-14-29)39-12-7-25-43-28-39/h1-28H. The Balaban J connectivity index is 1.08. The summed E-state index contributed by atoms with van der Waals surface area (Å²) < 4.78 is 0. The van der Waals surface area contributed by atoms with E-state index >= 15 is 0 Å². The van der Waals surface area contributed by atoms with Crippen LogP contribution in [0.5, 0.6) is 0 Å². The van der Waals surface area contributed by atoms with Crippen molar-refractivity contribution in [3.8, 4) is 67.5 Å². The minimum atomic E-state index is 0.652. The molecule has 8 aromatic rings. The van der Waals surface area contributed by atoms with Gasteiger partial charge in [0.25, 0.3) is 0 Å². The van der Waals surface area contributed by atoms with E-state index in [1.807, 2.05) is 72.9 Å². The molecule has 4 nitrogen and oxygen atoms in total. The molecule has 0 amide bonds. The van der Waals surface area contributed by atoms with Crippen molar-refractivity contribution >= 4 is 10.8 Å². The smallest absolute Gasteiger partial charge is 0.164 e. The molecule has 0 bridgehead atoms. The van der Waals surface area contributed by atoms with Crippen molar-refractivity contribution in [1.82, 2.24) is 19.9 Å². The normalized spacial score (nSPS) is 11.0. The quantitative estimate of drug-likeness (QED) is 0.194. The largest absolute Gasteiger partial charge is 0.264 e. The first kappa shape index (κ1) is 27.3. The van der Waals surface area contributed by atoms with Crippen molar-refractivity contribution in [3.05, 3.63) is 170 Å². The van der Waals surface area contributed by atoms with Crippen LogP contribution in [0.1, 0.15) is 0 Å². The molecule has 0 fully saturated rings. The van der Waals surface area contributed by atoms with Crippen molar-refractivity contribution in [3.63, 3.8) is 0 Å². The highest BCUT2D eigenvalue weighted by molar-refractivity contribution is 5.91. The highest BCUT2D eigenvalue weighted by Crippen LogP contribution is 2.31. The molecule has 6 aromatic carbocycles. The minimum Gasteiger partial charge on any atom is -0.264 e. The van der Waals surface area contributed by atoms with Gasteiger partial charge in [-0.1, -0.05) is 140 Å². The van der Waals surface area contributed by atoms with Gasteiger partial charge in [0.1, 0.15) is 0 Å². The predicted molar refractivity (Wildman–Crippen MR) is 188 cm³/mol. The third-order valence-corrected chi connectivity index (χ3v) is 8.23. The van der Waals surface area contributed by atoms with Gasteiger partial charge in [-0.15, -0.1) is 0 Å². The van der Waals surface area contributed by atoms with E-state index in [4.69, 9.17) is 15.0 Å². The van der Waals surface area contributed by atoms with Gasteiger partial charge in [0.15, 0.2) is 17.5 Å². The fraction of sp³-hybridized carbons (Fsp3) is 0. The van der Waals surface area contributed by atoms with Crippen LogP contribution in [0.3, 0.4) is 0 Å². The maximum absolute atomic E-state index is 4.87. The molecule has 0 saturated heterocycles. The summed E-state index contributed by atoms with van der Waals surface area (Å²) in [4.78, 5) is 18.8. The van der Waals surface area contributed by atoms with E-state index in [1.54, 1.807) is 6.20 Å². The fourth-order valence-corrected chi connectivity index (χ4v) is 5.74. The molecule has 0 aliphatic carbocycles. The van der Waals surface area contributed by atoms with Gasteiger partial charge < -0.3 is 0 Å². The summed E-state index contributed by atoms with van der Waals surface area (Å²) in [5, 5.41) is 2.41. The summed E-state index contributed by atoms with van der Waals surface area (Å²) in [6.07, 6.45) is 3.69. The highest BCUT2D eigenvalue weighted by Gasteiger charge is 2.12. The molecule has 0 spiro atoms. The lowest BCUT2D eigenvalue weighted by Crippen LogP contribution is -2.00. The second-order valence-corrected chi connectivity index (χ2v) is 11.2. The number of hydrogen-bond donors (Lipinski definition) is 0. The zero-order valence-corrected chi connectivity index (χ0v) is 25.0. The average molecular weight is 589 g/mol. The molecule has 0 radical (unpaired) electrons. The first-order valence-corrected chi connectivity index (χ1v) is 15.3. The summed E-state index contributed by atoms with van der Waals surface area (Å²) in [5.74, 6) is 1.97. The predicted octanol–water partition coefficient (Wildman–Crippen LogP) is 10.4. The summed E-state index contributed by atoms with van der Waals surface area (Å²) in [6, 6.07) is 54.6. The Bertz CT molecular complexity index is 2210. The summed E-state index contributed by atoms with van der Waals surface area (Å²) in [5.41, 5.74) is 9.84. The molecule has 2 heterocycles. The van der Waals surface area contributed by atoms with E-state index in [9.17, 15) is 0 Å². The molecule has 216 valence electrons.